The molecule has 2 fully saturated rings. The van der Waals surface area contributed by atoms with Crippen LogP contribution in [0.15, 0.2) is 12.1 Å². The summed E-state index contributed by atoms with van der Waals surface area (Å²) in [5, 5.41) is 9.90. The second kappa shape index (κ2) is 6.19. The summed E-state index contributed by atoms with van der Waals surface area (Å²) in [6, 6.07) is 4.36. The van der Waals surface area contributed by atoms with Crippen LogP contribution in [0.2, 0.25) is 0 Å². The third-order valence-electron chi connectivity index (χ3n) is 5.51. The molecule has 0 radical (unpaired) electrons. The van der Waals surface area contributed by atoms with Gasteiger partial charge in [0.25, 0.3) is 0 Å². The first-order chi connectivity index (χ1) is 10.6. The van der Waals surface area contributed by atoms with Gasteiger partial charge in [0.2, 0.25) is 0 Å². The Balaban J connectivity index is 1.76. The van der Waals surface area contributed by atoms with Gasteiger partial charge in [-0.2, -0.15) is 0 Å². The van der Waals surface area contributed by atoms with Crippen LogP contribution in [0.5, 0.6) is 5.75 Å². The Morgan fingerprint density at radius 3 is 2.86 bits per heavy atom. The molecule has 1 N–H and O–H groups in total. The van der Waals surface area contributed by atoms with Crippen molar-refractivity contribution in [1.82, 2.24) is 4.90 Å². The number of benzene rings is 1. The molecule has 0 saturated carbocycles. The van der Waals surface area contributed by atoms with E-state index in [2.05, 4.69) is 30.9 Å². The van der Waals surface area contributed by atoms with Crippen LogP contribution in [0.25, 0.3) is 0 Å². The van der Waals surface area contributed by atoms with Crippen molar-refractivity contribution >= 4 is 0 Å². The third-order valence-corrected chi connectivity index (χ3v) is 5.51. The van der Waals surface area contributed by atoms with Crippen molar-refractivity contribution in [2.45, 2.75) is 26.8 Å². The smallest absolute Gasteiger partial charge is 0.122 e. The summed E-state index contributed by atoms with van der Waals surface area (Å²) in [5.41, 5.74) is 3.85. The van der Waals surface area contributed by atoms with Crippen LogP contribution in [-0.4, -0.2) is 50.0 Å². The number of nitrogens with zero attached hydrogens (tertiary/aromatic N) is 1. The second-order valence-electron chi connectivity index (χ2n) is 6.96. The fraction of sp³-hybridized carbons (Fsp3) is 0.667. The average molecular weight is 305 g/mol. The maximum atomic E-state index is 9.90. The fourth-order valence-electron chi connectivity index (χ4n) is 4.02. The maximum absolute atomic E-state index is 9.90. The molecule has 2 aliphatic heterocycles. The monoisotopic (exact) mass is 305 g/mol. The number of aliphatic hydroxyl groups is 1. The van der Waals surface area contributed by atoms with Crippen LogP contribution >= 0.6 is 0 Å². The van der Waals surface area contributed by atoms with Gasteiger partial charge in [0, 0.05) is 37.6 Å². The summed E-state index contributed by atoms with van der Waals surface area (Å²) < 4.78 is 11.0. The molecule has 2 saturated heterocycles. The van der Waals surface area contributed by atoms with Crippen LogP contribution < -0.4 is 4.74 Å². The maximum Gasteiger partial charge on any atom is 0.122 e. The largest absolute Gasteiger partial charge is 0.496 e. The molecule has 0 bridgehead atoms. The Kier molecular flexibility index (Phi) is 4.44. The minimum absolute atomic E-state index is 0.0493. The van der Waals surface area contributed by atoms with E-state index in [9.17, 15) is 5.11 Å². The number of hydrogen-bond acceptors (Lipinski definition) is 4. The van der Waals surface area contributed by atoms with Crippen LogP contribution in [0.4, 0.5) is 0 Å². The third kappa shape index (κ3) is 2.75. The quantitative estimate of drug-likeness (QED) is 0.925. The van der Waals surface area contributed by atoms with Gasteiger partial charge >= 0.3 is 0 Å². The van der Waals surface area contributed by atoms with E-state index in [-0.39, 0.29) is 12.0 Å². The number of likely N-dealkylation sites (tertiary alicyclic amines) is 1. The summed E-state index contributed by atoms with van der Waals surface area (Å²) in [7, 11) is 1.72. The van der Waals surface area contributed by atoms with E-state index in [1.54, 1.807) is 7.11 Å². The first-order valence-corrected chi connectivity index (χ1v) is 8.13. The molecule has 0 unspecified atom stereocenters. The fourth-order valence-corrected chi connectivity index (χ4v) is 4.02. The van der Waals surface area contributed by atoms with Gasteiger partial charge in [-0.05, 0) is 43.0 Å². The Labute approximate surface area is 133 Å². The highest BCUT2D eigenvalue weighted by Gasteiger charge is 2.47. The first-order valence-electron chi connectivity index (χ1n) is 8.13. The lowest BCUT2D eigenvalue weighted by Crippen LogP contribution is -2.41. The standard InChI is InChI=1S/C18H27NO3/c1-13-7-17(21-3)14(2)6-15(13)8-19-9-16-10-22-5-4-18(16,11-19)12-20/h6-7,16,20H,4-5,8-12H2,1-3H3/t16-,18-/m1/s1. The number of fused-ring (bicyclic) bond motifs is 1. The topological polar surface area (TPSA) is 41.9 Å². The molecule has 0 aliphatic carbocycles. The van der Waals surface area contributed by atoms with E-state index in [0.717, 1.165) is 45.0 Å². The van der Waals surface area contributed by atoms with E-state index in [0.29, 0.717) is 5.92 Å². The number of aryl methyl sites for hydroxylation is 2. The molecule has 22 heavy (non-hydrogen) atoms. The highest BCUT2D eigenvalue weighted by atomic mass is 16.5. The van der Waals surface area contributed by atoms with Crippen molar-refractivity contribution in [2.24, 2.45) is 11.3 Å². The van der Waals surface area contributed by atoms with Crippen molar-refractivity contribution in [2.75, 3.05) is 40.0 Å². The van der Waals surface area contributed by atoms with Gasteiger partial charge < -0.3 is 14.6 Å². The van der Waals surface area contributed by atoms with Gasteiger partial charge in [0.05, 0.1) is 20.3 Å². The summed E-state index contributed by atoms with van der Waals surface area (Å²) in [6.45, 7) is 9.02. The van der Waals surface area contributed by atoms with Gasteiger partial charge in [-0.3, -0.25) is 4.90 Å². The molecular weight excluding hydrogens is 278 g/mol. The van der Waals surface area contributed by atoms with Crippen LogP contribution in [0.3, 0.4) is 0 Å². The Bertz CT molecular complexity index is 545. The van der Waals surface area contributed by atoms with Crippen molar-refractivity contribution in [3.63, 3.8) is 0 Å². The van der Waals surface area contributed by atoms with Crippen LogP contribution in [0, 0.1) is 25.2 Å². The number of ether oxygens (including phenoxy) is 2. The molecule has 2 aliphatic rings. The van der Waals surface area contributed by atoms with E-state index in [1.807, 2.05) is 0 Å². The van der Waals surface area contributed by atoms with Gasteiger partial charge in [-0.25, -0.2) is 0 Å². The Morgan fingerprint density at radius 1 is 1.36 bits per heavy atom. The summed E-state index contributed by atoms with van der Waals surface area (Å²) in [5.74, 6) is 1.42. The lowest BCUT2D eigenvalue weighted by atomic mass is 9.75. The molecule has 4 nitrogen and oxygen atoms in total. The van der Waals surface area contributed by atoms with Crippen LogP contribution in [0.1, 0.15) is 23.1 Å². The molecule has 4 heteroatoms. The minimum Gasteiger partial charge on any atom is -0.496 e. The summed E-state index contributed by atoms with van der Waals surface area (Å²) >= 11 is 0. The van der Waals surface area contributed by atoms with Gasteiger partial charge in [-0.15, -0.1) is 0 Å². The predicted octanol–water partition coefficient (Wildman–Crippen LogP) is 2.14. The minimum atomic E-state index is 0.0493. The van der Waals surface area contributed by atoms with Gasteiger partial charge in [0.1, 0.15) is 5.75 Å². The molecule has 2 atom stereocenters. The molecule has 3 rings (SSSR count). The molecule has 0 spiro atoms. The zero-order valence-corrected chi connectivity index (χ0v) is 13.9. The molecule has 1 aromatic carbocycles. The number of hydrogen-bond donors (Lipinski definition) is 1. The first kappa shape index (κ1) is 15.8. The number of aliphatic hydroxyl groups excluding tert-OH is 1. The SMILES string of the molecule is COc1cc(C)c(CN2C[C@@H]3COCC[C@]3(CO)C2)cc1C. The van der Waals surface area contributed by atoms with E-state index in [1.165, 1.54) is 16.7 Å². The van der Waals surface area contributed by atoms with Crippen molar-refractivity contribution in [3.8, 4) is 5.75 Å². The zero-order chi connectivity index (χ0) is 15.7. The van der Waals surface area contributed by atoms with Gasteiger partial charge in [0.15, 0.2) is 0 Å². The molecule has 1 aromatic rings. The number of methoxy groups -OCH3 is 1. The van der Waals surface area contributed by atoms with Gasteiger partial charge in [-0.1, -0.05) is 6.07 Å². The van der Waals surface area contributed by atoms with Crippen molar-refractivity contribution in [3.05, 3.63) is 28.8 Å². The highest BCUT2D eigenvalue weighted by Crippen LogP contribution is 2.42. The Hall–Kier alpha value is -1.10. The van der Waals surface area contributed by atoms with Crippen molar-refractivity contribution in [1.29, 1.82) is 0 Å². The Morgan fingerprint density at radius 2 is 2.18 bits per heavy atom. The normalized spacial score (nSPS) is 28.6. The lowest BCUT2D eigenvalue weighted by Gasteiger charge is -2.36. The van der Waals surface area contributed by atoms with Crippen LogP contribution in [-0.2, 0) is 11.3 Å². The molecule has 0 aromatic heterocycles. The zero-order valence-electron chi connectivity index (χ0n) is 13.9. The second-order valence-corrected chi connectivity index (χ2v) is 6.96. The summed E-state index contributed by atoms with van der Waals surface area (Å²) in [4.78, 5) is 2.48. The van der Waals surface area contributed by atoms with E-state index >= 15 is 0 Å². The average Bonchev–Trinajstić information content (AvgIpc) is 2.89. The van der Waals surface area contributed by atoms with Crippen molar-refractivity contribution < 1.29 is 14.6 Å². The predicted molar refractivity (Wildman–Crippen MR) is 86.2 cm³/mol. The summed E-state index contributed by atoms with van der Waals surface area (Å²) in [6.07, 6.45) is 0.977. The van der Waals surface area contributed by atoms with E-state index in [4.69, 9.17) is 9.47 Å². The molecule has 2 heterocycles. The molecule has 122 valence electrons. The molecular formula is C18H27NO3. The highest BCUT2D eigenvalue weighted by molar-refractivity contribution is 5.41. The number of rotatable bonds is 4. The van der Waals surface area contributed by atoms with E-state index < -0.39 is 0 Å². The lowest BCUT2D eigenvalue weighted by molar-refractivity contribution is -0.0417. The molecule has 0 amide bonds.